The number of nitrogens with one attached hydrogen (secondary N) is 1. The number of nitrogens with zero attached hydrogens (tertiary/aromatic N) is 1. The molecular weight excluding hydrogens is 264 g/mol. The Labute approximate surface area is 119 Å². The average molecular weight is 287 g/mol. The van der Waals surface area contributed by atoms with Crippen LogP contribution in [0, 0.1) is 5.41 Å². The largest absolute Gasteiger partial charge is 0.396 e. The number of hydrogen-bond donors (Lipinski definition) is 2. The van der Waals surface area contributed by atoms with Gasteiger partial charge < -0.3 is 15.0 Å². The SMILES string of the molecule is CCn1cc(Cl)cc1C(=O)NC(CCO)C(C)(C)C. The summed E-state index contributed by atoms with van der Waals surface area (Å²) >= 11 is 5.94. The molecule has 0 fully saturated rings. The van der Waals surface area contributed by atoms with E-state index in [4.69, 9.17) is 16.7 Å². The lowest BCUT2D eigenvalue weighted by atomic mass is 9.85. The quantitative estimate of drug-likeness (QED) is 0.874. The number of aryl methyl sites for hydroxylation is 1. The molecule has 2 N–H and O–H groups in total. The zero-order chi connectivity index (χ0) is 14.6. The van der Waals surface area contributed by atoms with E-state index in [1.807, 2.05) is 32.3 Å². The van der Waals surface area contributed by atoms with E-state index in [1.54, 1.807) is 12.3 Å². The molecule has 4 nitrogen and oxygen atoms in total. The molecule has 1 atom stereocenters. The highest BCUT2D eigenvalue weighted by molar-refractivity contribution is 6.31. The average Bonchev–Trinajstić information content (AvgIpc) is 2.68. The van der Waals surface area contributed by atoms with Crippen LogP contribution in [0.2, 0.25) is 5.02 Å². The maximum absolute atomic E-state index is 12.3. The third kappa shape index (κ3) is 4.25. The Morgan fingerprint density at radius 2 is 2.16 bits per heavy atom. The van der Waals surface area contributed by atoms with Gasteiger partial charge in [0.1, 0.15) is 5.69 Å². The molecule has 0 radical (unpaired) electrons. The molecule has 1 amide bonds. The zero-order valence-electron chi connectivity index (χ0n) is 12.0. The van der Waals surface area contributed by atoms with E-state index < -0.39 is 0 Å². The second-order valence-electron chi connectivity index (χ2n) is 5.73. The van der Waals surface area contributed by atoms with Crippen molar-refractivity contribution in [3.63, 3.8) is 0 Å². The van der Waals surface area contributed by atoms with Gasteiger partial charge in [0.05, 0.1) is 5.02 Å². The number of hydrogen-bond acceptors (Lipinski definition) is 2. The fourth-order valence-corrected chi connectivity index (χ4v) is 2.23. The van der Waals surface area contributed by atoms with E-state index in [1.165, 1.54) is 0 Å². The molecular formula is C14H23ClN2O2. The number of aromatic nitrogens is 1. The predicted octanol–water partition coefficient (Wildman–Crippen LogP) is 2.69. The van der Waals surface area contributed by atoms with Gasteiger partial charge in [-0.1, -0.05) is 32.4 Å². The molecule has 0 bridgehead atoms. The van der Waals surface area contributed by atoms with Gasteiger partial charge in [-0.25, -0.2) is 0 Å². The highest BCUT2D eigenvalue weighted by Crippen LogP contribution is 2.22. The normalized spacial score (nSPS) is 13.4. The molecule has 0 aliphatic rings. The van der Waals surface area contributed by atoms with Gasteiger partial charge >= 0.3 is 0 Å². The zero-order valence-corrected chi connectivity index (χ0v) is 12.8. The molecule has 1 aromatic heterocycles. The summed E-state index contributed by atoms with van der Waals surface area (Å²) in [6.07, 6.45) is 2.28. The van der Waals surface area contributed by atoms with Crippen LogP contribution >= 0.6 is 11.6 Å². The van der Waals surface area contributed by atoms with Crippen LogP contribution in [0.1, 0.15) is 44.6 Å². The summed E-state index contributed by atoms with van der Waals surface area (Å²) in [7, 11) is 0. The van der Waals surface area contributed by atoms with Crippen LogP contribution in [0.3, 0.4) is 0 Å². The molecule has 0 aromatic carbocycles. The maximum atomic E-state index is 12.3. The summed E-state index contributed by atoms with van der Waals surface area (Å²) in [5, 5.41) is 12.7. The van der Waals surface area contributed by atoms with Crippen molar-refractivity contribution in [2.45, 2.75) is 46.7 Å². The van der Waals surface area contributed by atoms with Crippen LogP contribution in [-0.4, -0.2) is 28.2 Å². The fraction of sp³-hybridized carbons (Fsp3) is 0.643. The predicted molar refractivity (Wildman–Crippen MR) is 77.5 cm³/mol. The van der Waals surface area contributed by atoms with Crippen molar-refractivity contribution in [3.8, 4) is 0 Å². The van der Waals surface area contributed by atoms with E-state index >= 15 is 0 Å². The Morgan fingerprint density at radius 3 is 2.63 bits per heavy atom. The van der Waals surface area contributed by atoms with Gasteiger partial charge in [0, 0.05) is 25.4 Å². The minimum atomic E-state index is -0.151. The molecule has 1 aromatic rings. The summed E-state index contributed by atoms with van der Waals surface area (Å²) in [4.78, 5) is 12.3. The van der Waals surface area contributed by atoms with Gasteiger partial charge in [-0.2, -0.15) is 0 Å². The third-order valence-corrected chi connectivity index (χ3v) is 3.41. The van der Waals surface area contributed by atoms with Crippen molar-refractivity contribution in [2.75, 3.05) is 6.61 Å². The Hall–Kier alpha value is -1.00. The maximum Gasteiger partial charge on any atom is 0.268 e. The summed E-state index contributed by atoms with van der Waals surface area (Å²) < 4.78 is 1.82. The molecule has 1 unspecified atom stereocenters. The molecule has 0 aliphatic carbocycles. The number of halogens is 1. The van der Waals surface area contributed by atoms with Gasteiger partial charge in [-0.3, -0.25) is 4.79 Å². The van der Waals surface area contributed by atoms with E-state index in [0.717, 1.165) is 0 Å². The molecule has 108 valence electrons. The number of rotatable bonds is 5. The molecule has 1 heterocycles. The lowest BCUT2D eigenvalue weighted by molar-refractivity contribution is 0.0876. The highest BCUT2D eigenvalue weighted by Gasteiger charge is 2.27. The first-order valence-corrected chi connectivity index (χ1v) is 6.94. The second kappa shape index (κ2) is 6.44. The van der Waals surface area contributed by atoms with E-state index in [-0.39, 0.29) is 24.0 Å². The van der Waals surface area contributed by atoms with Gasteiger partial charge in [0.2, 0.25) is 0 Å². The minimum absolute atomic E-state index is 0.0533. The van der Waals surface area contributed by atoms with Gasteiger partial charge in [-0.05, 0) is 24.8 Å². The monoisotopic (exact) mass is 286 g/mol. The number of aliphatic hydroxyl groups is 1. The lowest BCUT2D eigenvalue weighted by Gasteiger charge is -2.31. The highest BCUT2D eigenvalue weighted by atomic mass is 35.5. The number of aliphatic hydroxyl groups excluding tert-OH is 1. The molecule has 0 saturated carbocycles. The topological polar surface area (TPSA) is 54.3 Å². The Balaban J connectivity index is 2.87. The van der Waals surface area contributed by atoms with Gasteiger partial charge in [0.15, 0.2) is 0 Å². The summed E-state index contributed by atoms with van der Waals surface area (Å²) in [5.41, 5.74) is 0.450. The van der Waals surface area contributed by atoms with E-state index in [0.29, 0.717) is 23.7 Å². The second-order valence-corrected chi connectivity index (χ2v) is 6.17. The summed E-state index contributed by atoms with van der Waals surface area (Å²) in [5.74, 6) is -0.151. The van der Waals surface area contributed by atoms with Crippen molar-refractivity contribution in [3.05, 3.63) is 23.0 Å². The van der Waals surface area contributed by atoms with Crippen LogP contribution in [0.4, 0.5) is 0 Å². The van der Waals surface area contributed by atoms with Crippen molar-refractivity contribution in [1.29, 1.82) is 0 Å². The van der Waals surface area contributed by atoms with E-state index in [2.05, 4.69) is 5.32 Å². The number of carbonyl (C=O) groups excluding carboxylic acids is 1. The first-order chi connectivity index (χ1) is 8.79. The Morgan fingerprint density at radius 1 is 1.53 bits per heavy atom. The van der Waals surface area contributed by atoms with Crippen LogP contribution in [0.5, 0.6) is 0 Å². The van der Waals surface area contributed by atoms with Crippen molar-refractivity contribution in [1.82, 2.24) is 9.88 Å². The Kier molecular flexibility index (Phi) is 5.44. The van der Waals surface area contributed by atoms with Crippen LogP contribution < -0.4 is 5.32 Å². The standard InChI is InChI=1S/C14H23ClN2O2/c1-5-17-9-10(15)8-11(17)13(19)16-12(6-7-18)14(2,3)4/h8-9,12,18H,5-7H2,1-4H3,(H,16,19). The number of carbonyl (C=O) groups is 1. The van der Waals surface area contributed by atoms with E-state index in [9.17, 15) is 4.79 Å². The van der Waals surface area contributed by atoms with Crippen molar-refractivity contribution < 1.29 is 9.90 Å². The minimum Gasteiger partial charge on any atom is -0.396 e. The molecule has 5 heteroatoms. The fourth-order valence-electron chi connectivity index (χ4n) is 2.01. The first kappa shape index (κ1) is 16.1. The summed E-state index contributed by atoms with van der Waals surface area (Å²) in [6.45, 7) is 8.83. The smallest absolute Gasteiger partial charge is 0.268 e. The summed E-state index contributed by atoms with van der Waals surface area (Å²) in [6, 6.07) is 1.59. The van der Waals surface area contributed by atoms with Crippen molar-refractivity contribution >= 4 is 17.5 Å². The Bertz CT molecular complexity index is 435. The molecule has 0 spiro atoms. The van der Waals surface area contributed by atoms with Crippen LogP contribution in [-0.2, 0) is 6.54 Å². The molecule has 1 rings (SSSR count). The van der Waals surface area contributed by atoms with Gasteiger partial charge in [-0.15, -0.1) is 0 Å². The van der Waals surface area contributed by atoms with Crippen molar-refractivity contribution in [2.24, 2.45) is 5.41 Å². The van der Waals surface area contributed by atoms with Crippen LogP contribution in [0.15, 0.2) is 12.3 Å². The first-order valence-electron chi connectivity index (χ1n) is 6.57. The van der Waals surface area contributed by atoms with Gasteiger partial charge in [0.25, 0.3) is 5.91 Å². The molecule has 0 saturated heterocycles. The lowest BCUT2D eigenvalue weighted by Crippen LogP contribution is -2.44. The molecule has 0 aliphatic heterocycles. The van der Waals surface area contributed by atoms with Crippen LogP contribution in [0.25, 0.3) is 0 Å². The number of amides is 1. The molecule has 19 heavy (non-hydrogen) atoms. The third-order valence-electron chi connectivity index (χ3n) is 3.21.